The van der Waals surface area contributed by atoms with Crippen molar-refractivity contribution in [1.82, 2.24) is 4.90 Å². The van der Waals surface area contributed by atoms with Gasteiger partial charge in [-0.05, 0) is 52.5 Å². The topological polar surface area (TPSA) is 66.6 Å². The van der Waals surface area contributed by atoms with Crippen molar-refractivity contribution in [3.05, 3.63) is 50.1 Å². The van der Waals surface area contributed by atoms with E-state index >= 15 is 0 Å². The van der Waals surface area contributed by atoms with Crippen molar-refractivity contribution < 1.29 is 9.59 Å². The van der Waals surface area contributed by atoms with Gasteiger partial charge < -0.3 is 15.5 Å². The van der Waals surface area contributed by atoms with E-state index in [9.17, 15) is 9.59 Å². The lowest BCUT2D eigenvalue weighted by atomic mass is 9.96. The number of hydrogen-bond acceptors (Lipinski definition) is 4. The first kappa shape index (κ1) is 17.9. The Kier molecular flexibility index (Phi) is 5.44. The Hall–Kier alpha value is -1.86. The smallest absolute Gasteiger partial charge is 0.249 e. The third kappa shape index (κ3) is 4.04. The Morgan fingerprint density at radius 2 is 2.20 bits per heavy atom. The van der Waals surface area contributed by atoms with E-state index in [2.05, 4.69) is 20.8 Å². The van der Waals surface area contributed by atoms with Crippen LogP contribution in [0.25, 0.3) is 0 Å². The summed E-state index contributed by atoms with van der Waals surface area (Å²) in [5, 5.41) is 2.01. The summed E-state index contributed by atoms with van der Waals surface area (Å²) >= 11 is 5.07. The van der Waals surface area contributed by atoms with Crippen LogP contribution in [-0.2, 0) is 17.8 Å². The van der Waals surface area contributed by atoms with Crippen molar-refractivity contribution in [3.63, 3.8) is 0 Å². The molecule has 7 heteroatoms. The summed E-state index contributed by atoms with van der Waals surface area (Å²) in [5.74, 6) is -0.354. The Balaban J connectivity index is 1.72. The molecular formula is C18H20BrN3O2S. The molecule has 0 saturated heterocycles. The highest BCUT2D eigenvalue weighted by Crippen LogP contribution is 2.30. The normalized spacial score (nSPS) is 13.4. The van der Waals surface area contributed by atoms with E-state index in [1.807, 2.05) is 30.6 Å². The molecule has 1 aliphatic heterocycles. The largest absolute Gasteiger partial charge is 0.366 e. The van der Waals surface area contributed by atoms with Crippen molar-refractivity contribution in [2.75, 3.05) is 25.0 Å². The molecule has 1 aromatic carbocycles. The van der Waals surface area contributed by atoms with E-state index in [-0.39, 0.29) is 5.91 Å². The highest BCUT2D eigenvalue weighted by molar-refractivity contribution is 9.10. The zero-order valence-corrected chi connectivity index (χ0v) is 16.4. The van der Waals surface area contributed by atoms with E-state index in [0.717, 1.165) is 40.0 Å². The van der Waals surface area contributed by atoms with Gasteiger partial charge in [0.05, 0.1) is 13.1 Å². The molecule has 2 amide bonds. The summed E-state index contributed by atoms with van der Waals surface area (Å²) in [4.78, 5) is 29.2. The third-order valence-electron chi connectivity index (χ3n) is 4.38. The van der Waals surface area contributed by atoms with Crippen LogP contribution in [-0.4, -0.2) is 36.9 Å². The quantitative estimate of drug-likeness (QED) is 0.806. The zero-order chi connectivity index (χ0) is 18.0. The predicted octanol–water partition coefficient (Wildman–Crippen LogP) is 3.02. The van der Waals surface area contributed by atoms with Crippen LogP contribution in [0.2, 0.25) is 0 Å². The Morgan fingerprint density at radius 1 is 1.40 bits per heavy atom. The van der Waals surface area contributed by atoms with Crippen LogP contribution in [0.15, 0.2) is 34.1 Å². The molecule has 25 heavy (non-hydrogen) atoms. The van der Waals surface area contributed by atoms with Crippen LogP contribution in [0.4, 0.5) is 5.69 Å². The summed E-state index contributed by atoms with van der Waals surface area (Å²) in [7, 11) is 1.82. The van der Waals surface area contributed by atoms with Crippen molar-refractivity contribution in [2.45, 2.75) is 19.4 Å². The molecule has 0 unspecified atom stereocenters. The van der Waals surface area contributed by atoms with Gasteiger partial charge in [-0.1, -0.05) is 6.07 Å². The van der Waals surface area contributed by atoms with Gasteiger partial charge in [0.2, 0.25) is 11.8 Å². The van der Waals surface area contributed by atoms with Gasteiger partial charge in [0.15, 0.2) is 0 Å². The molecule has 0 spiro atoms. The van der Waals surface area contributed by atoms with Crippen LogP contribution in [0.3, 0.4) is 0 Å². The first-order valence-corrected chi connectivity index (χ1v) is 9.76. The second kappa shape index (κ2) is 7.58. The van der Waals surface area contributed by atoms with E-state index in [4.69, 9.17) is 5.73 Å². The minimum absolute atomic E-state index is 0.0573. The van der Waals surface area contributed by atoms with Gasteiger partial charge in [-0.25, -0.2) is 0 Å². The lowest BCUT2D eigenvalue weighted by Crippen LogP contribution is -2.40. The van der Waals surface area contributed by atoms with Gasteiger partial charge in [0.25, 0.3) is 0 Å². The van der Waals surface area contributed by atoms with Crippen LogP contribution < -0.4 is 10.6 Å². The fraction of sp³-hybridized carbons (Fsp3) is 0.333. The van der Waals surface area contributed by atoms with E-state index in [1.54, 1.807) is 22.3 Å². The number of primary amides is 1. The maximum absolute atomic E-state index is 12.6. The summed E-state index contributed by atoms with van der Waals surface area (Å²) in [6.07, 6.45) is 1.73. The molecule has 1 aliphatic rings. The van der Waals surface area contributed by atoms with Gasteiger partial charge in [0, 0.05) is 39.6 Å². The third-order valence-corrected chi connectivity index (χ3v) is 6.06. The number of carbonyl (C=O) groups excluding carboxylic acids is 2. The maximum Gasteiger partial charge on any atom is 0.249 e. The number of fused-ring (bicyclic) bond motifs is 1. The van der Waals surface area contributed by atoms with E-state index < -0.39 is 5.91 Å². The molecule has 2 N–H and O–H groups in total. The summed E-state index contributed by atoms with van der Waals surface area (Å²) in [6, 6.07) is 7.58. The number of hydrogen-bond donors (Lipinski definition) is 1. The fourth-order valence-corrected chi connectivity index (χ4v) is 4.64. The van der Waals surface area contributed by atoms with Crippen LogP contribution >= 0.6 is 27.3 Å². The molecule has 2 aromatic rings. The van der Waals surface area contributed by atoms with Gasteiger partial charge in [-0.2, -0.15) is 0 Å². The summed E-state index contributed by atoms with van der Waals surface area (Å²) in [5.41, 5.74) is 7.95. The molecule has 1 aromatic heterocycles. The summed E-state index contributed by atoms with van der Waals surface area (Å²) < 4.78 is 1.04. The summed E-state index contributed by atoms with van der Waals surface area (Å²) in [6.45, 7) is 1.70. The average Bonchev–Trinajstić information content (AvgIpc) is 2.99. The fourth-order valence-electron chi connectivity index (χ4n) is 3.14. The first-order chi connectivity index (χ1) is 12.0. The average molecular weight is 422 g/mol. The van der Waals surface area contributed by atoms with Gasteiger partial charge in [-0.15, -0.1) is 11.3 Å². The number of thiophene rings is 1. The number of likely N-dealkylation sites (N-methyl/N-ethyl adjacent to an activating group) is 1. The number of carbonyl (C=O) groups is 2. The SMILES string of the molecule is CN(Cc1cc(Br)cs1)C(=O)CN1CCCc2c(C(N)=O)cccc21. The lowest BCUT2D eigenvalue weighted by Gasteiger charge is -2.32. The molecule has 0 aliphatic carbocycles. The molecule has 3 rings (SSSR count). The molecule has 2 heterocycles. The number of benzene rings is 1. The highest BCUT2D eigenvalue weighted by Gasteiger charge is 2.24. The number of nitrogens with two attached hydrogens (primary N) is 1. The van der Waals surface area contributed by atoms with Crippen LogP contribution in [0.1, 0.15) is 27.2 Å². The molecule has 132 valence electrons. The van der Waals surface area contributed by atoms with Gasteiger partial charge in [0.1, 0.15) is 0 Å². The van der Waals surface area contributed by atoms with Crippen molar-refractivity contribution >= 4 is 44.8 Å². The number of rotatable bonds is 5. The molecule has 0 saturated carbocycles. The van der Waals surface area contributed by atoms with Crippen LogP contribution in [0.5, 0.6) is 0 Å². The molecule has 0 bridgehead atoms. The van der Waals surface area contributed by atoms with Crippen molar-refractivity contribution in [3.8, 4) is 0 Å². The Labute approximate surface area is 159 Å². The minimum atomic E-state index is -0.412. The molecule has 0 atom stereocenters. The highest BCUT2D eigenvalue weighted by atomic mass is 79.9. The number of halogens is 1. The standard InChI is InChI=1S/C18H20BrN3O2S/c1-21(9-13-8-12(19)11-25-13)17(23)10-22-7-3-5-14-15(18(20)24)4-2-6-16(14)22/h2,4,6,8,11H,3,5,7,9-10H2,1H3,(H2,20,24). The van der Waals surface area contributed by atoms with Gasteiger partial charge in [-0.3, -0.25) is 9.59 Å². The second-order valence-electron chi connectivity index (χ2n) is 6.17. The Morgan fingerprint density at radius 3 is 2.88 bits per heavy atom. The van der Waals surface area contributed by atoms with Crippen LogP contribution in [0, 0.1) is 0 Å². The predicted molar refractivity (Wildman–Crippen MR) is 104 cm³/mol. The number of amides is 2. The minimum Gasteiger partial charge on any atom is -0.366 e. The second-order valence-corrected chi connectivity index (χ2v) is 8.09. The molecule has 5 nitrogen and oxygen atoms in total. The van der Waals surface area contributed by atoms with Crippen molar-refractivity contribution in [1.29, 1.82) is 0 Å². The van der Waals surface area contributed by atoms with Gasteiger partial charge >= 0.3 is 0 Å². The first-order valence-electron chi connectivity index (χ1n) is 8.09. The van der Waals surface area contributed by atoms with E-state index in [1.165, 1.54) is 0 Å². The maximum atomic E-state index is 12.6. The lowest BCUT2D eigenvalue weighted by molar-refractivity contribution is -0.128. The zero-order valence-electron chi connectivity index (χ0n) is 14.0. The molecule has 0 radical (unpaired) electrons. The monoisotopic (exact) mass is 421 g/mol. The molecule has 0 fully saturated rings. The number of anilines is 1. The Bertz CT molecular complexity index is 805. The van der Waals surface area contributed by atoms with E-state index in [0.29, 0.717) is 18.7 Å². The number of nitrogens with zero attached hydrogens (tertiary/aromatic N) is 2. The van der Waals surface area contributed by atoms with Crippen molar-refractivity contribution in [2.24, 2.45) is 5.73 Å². The molecular weight excluding hydrogens is 402 g/mol.